The van der Waals surface area contributed by atoms with Crippen molar-refractivity contribution < 1.29 is 17.9 Å². The molecule has 0 fully saturated rings. The summed E-state index contributed by atoms with van der Waals surface area (Å²) in [5, 5.41) is 0.417. The molecule has 6 heteroatoms. The zero-order chi connectivity index (χ0) is 15.5. The Balaban J connectivity index is 2.10. The van der Waals surface area contributed by atoms with E-state index < -0.39 is 11.7 Å². The first-order valence-electron chi connectivity index (χ1n) is 6.04. The maximum absolute atomic E-state index is 12.5. The van der Waals surface area contributed by atoms with E-state index in [1.54, 1.807) is 18.2 Å². The monoisotopic (exact) mass is 334 g/mol. The molecule has 0 saturated carbocycles. The summed E-state index contributed by atoms with van der Waals surface area (Å²) in [6, 6.07) is 9.99. The molecule has 2 aromatic rings. The molecule has 0 aromatic heterocycles. The molecule has 0 bridgehead atoms. The maximum Gasteiger partial charge on any atom is 0.416 e. The fourth-order valence-corrected chi connectivity index (χ4v) is 2.22. The third-order valence-electron chi connectivity index (χ3n) is 2.86. The maximum atomic E-state index is 12.5. The van der Waals surface area contributed by atoms with Gasteiger partial charge in [-0.2, -0.15) is 13.2 Å². The Morgan fingerprint density at radius 3 is 2.24 bits per heavy atom. The smallest absolute Gasteiger partial charge is 0.416 e. The van der Waals surface area contributed by atoms with E-state index >= 15 is 0 Å². The topological polar surface area (TPSA) is 9.23 Å². The molecule has 0 heterocycles. The van der Waals surface area contributed by atoms with Crippen LogP contribution in [0.4, 0.5) is 13.2 Å². The van der Waals surface area contributed by atoms with Gasteiger partial charge in [0.25, 0.3) is 0 Å². The number of rotatable bonds is 4. The van der Waals surface area contributed by atoms with Crippen LogP contribution in [-0.4, -0.2) is 0 Å². The van der Waals surface area contributed by atoms with Gasteiger partial charge in [-0.25, -0.2) is 0 Å². The SMILES string of the molecule is FC(F)(F)c1ccc(COc2c(Cl)cccc2CCl)cc1. The minimum atomic E-state index is -4.34. The van der Waals surface area contributed by atoms with Crippen molar-refractivity contribution in [3.63, 3.8) is 0 Å². The van der Waals surface area contributed by atoms with Crippen LogP contribution in [0.3, 0.4) is 0 Å². The third kappa shape index (κ3) is 4.05. The minimum Gasteiger partial charge on any atom is -0.487 e. The molecule has 21 heavy (non-hydrogen) atoms. The van der Waals surface area contributed by atoms with Gasteiger partial charge in [0, 0.05) is 5.56 Å². The van der Waals surface area contributed by atoms with Gasteiger partial charge in [-0.15, -0.1) is 11.6 Å². The molecule has 0 aliphatic heterocycles. The highest BCUT2D eigenvalue weighted by Gasteiger charge is 2.29. The molecule has 2 rings (SSSR count). The Morgan fingerprint density at radius 1 is 1.00 bits per heavy atom. The van der Waals surface area contributed by atoms with E-state index in [2.05, 4.69) is 0 Å². The fraction of sp³-hybridized carbons (Fsp3) is 0.200. The largest absolute Gasteiger partial charge is 0.487 e. The van der Waals surface area contributed by atoms with Crippen molar-refractivity contribution in [3.05, 3.63) is 64.2 Å². The van der Waals surface area contributed by atoms with Crippen LogP contribution in [-0.2, 0) is 18.7 Å². The van der Waals surface area contributed by atoms with Gasteiger partial charge in [0.15, 0.2) is 0 Å². The third-order valence-corrected chi connectivity index (χ3v) is 3.44. The van der Waals surface area contributed by atoms with Gasteiger partial charge in [-0.05, 0) is 23.8 Å². The number of ether oxygens (including phenoxy) is 1. The number of benzene rings is 2. The number of hydrogen-bond donors (Lipinski definition) is 0. The average molecular weight is 335 g/mol. The standard InChI is InChI=1S/C15H11Cl2F3O/c16-8-11-2-1-3-13(17)14(11)21-9-10-4-6-12(7-5-10)15(18,19)20/h1-7H,8-9H2. The molecule has 0 aliphatic carbocycles. The summed E-state index contributed by atoms with van der Waals surface area (Å²) in [7, 11) is 0. The predicted octanol–water partition coefficient (Wildman–Crippen LogP) is 5.68. The van der Waals surface area contributed by atoms with Crippen molar-refractivity contribution in [1.29, 1.82) is 0 Å². The lowest BCUT2D eigenvalue weighted by molar-refractivity contribution is -0.137. The highest BCUT2D eigenvalue weighted by Crippen LogP contribution is 2.31. The van der Waals surface area contributed by atoms with Gasteiger partial charge >= 0.3 is 6.18 Å². The normalized spacial score (nSPS) is 11.5. The van der Waals surface area contributed by atoms with Crippen molar-refractivity contribution in [3.8, 4) is 5.75 Å². The summed E-state index contributed by atoms with van der Waals surface area (Å²) in [4.78, 5) is 0. The highest BCUT2D eigenvalue weighted by molar-refractivity contribution is 6.32. The molecular formula is C15H11Cl2F3O. The Labute approximate surface area is 130 Å². The molecule has 0 spiro atoms. The van der Waals surface area contributed by atoms with Crippen LogP contribution in [0.25, 0.3) is 0 Å². The molecule has 0 unspecified atom stereocenters. The van der Waals surface area contributed by atoms with Crippen molar-refractivity contribution in [2.75, 3.05) is 0 Å². The van der Waals surface area contributed by atoms with Gasteiger partial charge in [0.2, 0.25) is 0 Å². The van der Waals surface area contributed by atoms with E-state index in [9.17, 15) is 13.2 Å². The lowest BCUT2D eigenvalue weighted by atomic mass is 10.1. The lowest BCUT2D eigenvalue weighted by Crippen LogP contribution is -2.05. The molecule has 1 nitrogen and oxygen atoms in total. The number of alkyl halides is 4. The summed E-state index contributed by atoms with van der Waals surface area (Å²) < 4.78 is 42.9. The summed E-state index contributed by atoms with van der Waals surface area (Å²) in [5.41, 5.74) is 0.657. The van der Waals surface area contributed by atoms with E-state index in [1.807, 2.05) is 0 Å². The van der Waals surface area contributed by atoms with E-state index in [-0.39, 0.29) is 12.5 Å². The van der Waals surface area contributed by atoms with E-state index in [0.29, 0.717) is 16.3 Å². The average Bonchev–Trinajstić information content (AvgIpc) is 2.45. The van der Waals surface area contributed by atoms with Crippen molar-refractivity contribution >= 4 is 23.2 Å². The zero-order valence-electron chi connectivity index (χ0n) is 10.8. The molecule has 0 amide bonds. The fourth-order valence-electron chi connectivity index (χ4n) is 1.77. The summed E-state index contributed by atoms with van der Waals surface area (Å²) in [6.45, 7) is 0.117. The number of para-hydroxylation sites is 1. The predicted molar refractivity (Wildman–Crippen MR) is 76.8 cm³/mol. The van der Waals surface area contributed by atoms with Crippen LogP contribution in [0.5, 0.6) is 5.75 Å². The van der Waals surface area contributed by atoms with Gasteiger partial charge in [-0.3, -0.25) is 0 Å². The van der Waals surface area contributed by atoms with E-state index in [0.717, 1.165) is 17.7 Å². The molecule has 0 radical (unpaired) electrons. The first kappa shape index (κ1) is 16.0. The second-order valence-electron chi connectivity index (χ2n) is 4.35. The Hall–Kier alpha value is -1.39. The molecule has 0 atom stereocenters. The Bertz CT molecular complexity index is 609. The molecule has 0 aliphatic rings. The summed E-state index contributed by atoms with van der Waals surface area (Å²) >= 11 is 11.8. The van der Waals surface area contributed by atoms with E-state index in [1.165, 1.54) is 12.1 Å². The van der Waals surface area contributed by atoms with Gasteiger partial charge < -0.3 is 4.74 Å². The Kier molecular flexibility index (Phi) is 5.01. The molecular weight excluding hydrogens is 324 g/mol. The molecule has 2 aromatic carbocycles. The summed E-state index contributed by atoms with van der Waals surface area (Å²) in [6.07, 6.45) is -4.34. The van der Waals surface area contributed by atoms with Crippen molar-refractivity contribution in [2.45, 2.75) is 18.7 Å². The molecule has 0 N–H and O–H groups in total. The van der Waals surface area contributed by atoms with Crippen LogP contribution in [0.15, 0.2) is 42.5 Å². The van der Waals surface area contributed by atoms with Crippen LogP contribution in [0.1, 0.15) is 16.7 Å². The quantitative estimate of drug-likeness (QED) is 0.654. The number of halogens is 5. The lowest BCUT2D eigenvalue weighted by Gasteiger charge is -2.12. The van der Waals surface area contributed by atoms with Crippen LogP contribution in [0, 0.1) is 0 Å². The van der Waals surface area contributed by atoms with Crippen LogP contribution < -0.4 is 4.74 Å². The van der Waals surface area contributed by atoms with Gasteiger partial charge in [0.1, 0.15) is 12.4 Å². The van der Waals surface area contributed by atoms with Crippen LogP contribution in [0.2, 0.25) is 5.02 Å². The van der Waals surface area contributed by atoms with Gasteiger partial charge in [0.05, 0.1) is 16.5 Å². The molecule has 0 saturated heterocycles. The van der Waals surface area contributed by atoms with Crippen LogP contribution >= 0.6 is 23.2 Å². The first-order valence-corrected chi connectivity index (χ1v) is 6.95. The molecule has 112 valence electrons. The minimum absolute atomic E-state index is 0.117. The van der Waals surface area contributed by atoms with Crippen molar-refractivity contribution in [2.24, 2.45) is 0 Å². The van der Waals surface area contributed by atoms with Gasteiger partial charge in [-0.1, -0.05) is 35.9 Å². The number of hydrogen-bond acceptors (Lipinski definition) is 1. The first-order chi connectivity index (χ1) is 9.91. The highest BCUT2D eigenvalue weighted by atomic mass is 35.5. The zero-order valence-corrected chi connectivity index (χ0v) is 12.3. The second kappa shape index (κ2) is 6.58. The van der Waals surface area contributed by atoms with E-state index in [4.69, 9.17) is 27.9 Å². The second-order valence-corrected chi connectivity index (χ2v) is 5.02. The van der Waals surface area contributed by atoms with Crippen molar-refractivity contribution in [1.82, 2.24) is 0 Å². The Morgan fingerprint density at radius 2 is 1.67 bits per heavy atom. The summed E-state index contributed by atoms with van der Waals surface area (Å²) in [5.74, 6) is 0.692.